The second kappa shape index (κ2) is 9.60. The lowest BCUT2D eigenvalue weighted by molar-refractivity contribution is 0.0939. The second-order valence-corrected chi connectivity index (χ2v) is 6.13. The minimum atomic E-state index is -0.182. The largest absolute Gasteiger partial charge is 0.467 e. The van der Waals surface area contributed by atoms with Gasteiger partial charge in [0.05, 0.1) is 29.5 Å². The van der Waals surface area contributed by atoms with E-state index in [4.69, 9.17) is 10.2 Å². The van der Waals surface area contributed by atoms with Crippen LogP contribution >= 0.6 is 24.8 Å². The molecule has 2 aromatic heterocycles. The number of hydrogen-bond donors (Lipinski definition) is 2. The minimum absolute atomic E-state index is 0. The van der Waals surface area contributed by atoms with E-state index in [0.29, 0.717) is 11.3 Å². The van der Waals surface area contributed by atoms with Gasteiger partial charge in [-0.2, -0.15) is 5.10 Å². The zero-order valence-electron chi connectivity index (χ0n) is 15.4. The van der Waals surface area contributed by atoms with Gasteiger partial charge in [0.1, 0.15) is 12.0 Å². The highest BCUT2D eigenvalue weighted by atomic mass is 35.5. The van der Waals surface area contributed by atoms with E-state index in [1.807, 2.05) is 55.8 Å². The summed E-state index contributed by atoms with van der Waals surface area (Å²) in [5.74, 6) is 0.408. The van der Waals surface area contributed by atoms with Crippen molar-refractivity contribution in [3.63, 3.8) is 0 Å². The van der Waals surface area contributed by atoms with Crippen LogP contribution in [0.25, 0.3) is 5.69 Å². The van der Waals surface area contributed by atoms with Crippen LogP contribution in [0.4, 0.5) is 0 Å². The first-order chi connectivity index (χ1) is 12.0. The molecule has 1 aromatic carbocycles. The van der Waals surface area contributed by atoms with Crippen LogP contribution in [-0.2, 0) is 6.54 Å². The van der Waals surface area contributed by atoms with Crippen molar-refractivity contribution in [2.24, 2.45) is 5.73 Å². The number of carbonyl (C=O) groups is 1. The van der Waals surface area contributed by atoms with E-state index in [-0.39, 0.29) is 43.3 Å². The third kappa shape index (κ3) is 5.13. The summed E-state index contributed by atoms with van der Waals surface area (Å²) in [6.07, 6.45) is 1.43. The molecule has 0 saturated carbocycles. The van der Waals surface area contributed by atoms with Crippen LogP contribution in [-0.4, -0.2) is 15.7 Å². The summed E-state index contributed by atoms with van der Waals surface area (Å²) < 4.78 is 7.11. The monoisotopic (exact) mass is 410 g/mol. The zero-order chi connectivity index (χ0) is 18.0. The Morgan fingerprint density at radius 2 is 1.89 bits per heavy atom. The Morgan fingerprint density at radius 1 is 1.22 bits per heavy atom. The third-order valence-electron chi connectivity index (χ3n) is 4.11. The molecule has 0 saturated heterocycles. The number of benzene rings is 1. The molecule has 2 heterocycles. The van der Waals surface area contributed by atoms with Crippen molar-refractivity contribution in [3.8, 4) is 5.69 Å². The number of nitrogens with two attached hydrogens (primary N) is 1. The quantitative estimate of drug-likeness (QED) is 0.667. The molecular weight excluding hydrogens is 387 g/mol. The predicted molar refractivity (Wildman–Crippen MR) is 110 cm³/mol. The summed E-state index contributed by atoms with van der Waals surface area (Å²) in [5.41, 5.74) is 10.1. The van der Waals surface area contributed by atoms with E-state index in [1.54, 1.807) is 6.07 Å². The third-order valence-corrected chi connectivity index (χ3v) is 4.11. The first-order valence-corrected chi connectivity index (χ1v) is 8.20. The Bertz CT molecular complexity index is 888. The minimum Gasteiger partial charge on any atom is -0.467 e. The van der Waals surface area contributed by atoms with Gasteiger partial charge in [0.2, 0.25) is 0 Å². The number of hydrogen-bond acceptors (Lipinski definition) is 4. The number of furan rings is 1. The van der Waals surface area contributed by atoms with Crippen LogP contribution in [0.1, 0.15) is 46.0 Å². The maximum absolute atomic E-state index is 12.3. The van der Waals surface area contributed by atoms with Crippen LogP contribution < -0.4 is 11.1 Å². The molecule has 146 valence electrons. The smallest absolute Gasteiger partial charge is 0.255 e. The highest BCUT2D eigenvalue weighted by molar-refractivity contribution is 5.94. The molecule has 6 nitrogen and oxygen atoms in total. The molecule has 0 aliphatic carbocycles. The van der Waals surface area contributed by atoms with Crippen LogP contribution in [0.2, 0.25) is 0 Å². The maximum atomic E-state index is 12.3. The summed E-state index contributed by atoms with van der Waals surface area (Å²) >= 11 is 0. The van der Waals surface area contributed by atoms with Crippen LogP contribution in [0.3, 0.4) is 0 Å². The maximum Gasteiger partial charge on any atom is 0.255 e. The SMILES string of the molecule is Cc1cc(C)n(-c2ccc(C(C)NC(=O)c3coc(CN)c3)cc2)n1.Cl.Cl. The molecule has 8 heteroatoms. The first kappa shape index (κ1) is 22.8. The number of aryl methyl sites for hydroxylation is 2. The van der Waals surface area contributed by atoms with Crippen molar-refractivity contribution in [2.45, 2.75) is 33.4 Å². The van der Waals surface area contributed by atoms with E-state index < -0.39 is 0 Å². The van der Waals surface area contributed by atoms with Gasteiger partial charge in [-0.25, -0.2) is 4.68 Å². The predicted octanol–water partition coefficient (Wildman–Crippen LogP) is 3.88. The summed E-state index contributed by atoms with van der Waals surface area (Å²) in [4.78, 5) is 12.3. The number of carbonyl (C=O) groups excluding carboxylic acids is 1. The Labute approximate surface area is 170 Å². The van der Waals surface area contributed by atoms with Crippen LogP contribution in [0, 0.1) is 13.8 Å². The van der Waals surface area contributed by atoms with E-state index in [1.165, 1.54) is 6.26 Å². The van der Waals surface area contributed by atoms with Crippen LogP contribution in [0.15, 0.2) is 47.1 Å². The molecule has 0 fully saturated rings. The van der Waals surface area contributed by atoms with Crippen molar-refractivity contribution in [1.82, 2.24) is 15.1 Å². The van der Waals surface area contributed by atoms with E-state index in [0.717, 1.165) is 22.6 Å². The molecule has 0 radical (unpaired) electrons. The molecule has 1 unspecified atom stereocenters. The van der Waals surface area contributed by atoms with Crippen molar-refractivity contribution < 1.29 is 9.21 Å². The molecular formula is C19H24Cl2N4O2. The molecule has 1 atom stereocenters. The number of halogens is 2. The normalized spacial score (nSPS) is 11.3. The molecule has 3 N–H and O–H groups in total. The van der Waals surface area contributed by atoms with Crippen LogP contribution in [0.5, 0.6) is 0 Å². The van der Waals surface area contributed by atoms with E-state index in [9.17, 15) is 4.79 Å². The van der Waals surface area contributed by atoms with Gasteiger partial charge in [-0.1, -0.05) is 12.1 Å². The van der Waals surface area contributed by atoms with Gasteiger partial charge in [0, 0.05) is 5.69 Å². The summed E-state index contributed by atoms with van der Waals surface area (Å²) in [6.45, 7) is 6.22. The topological polar surface area (TPSA) is 86.1 Å². The average Bonchev–Trinajstić information content (AvgIpc) is 3.21. The standard InChI is InChI=1S/C19H22N4O2.2ClH/c1-12-8-13(2)23(22-12)17-6-4-15(5-7-17)14(3)21-19(24)16-9-18(10-20)25-11-16;;/h4-9,11,14H,10,20H2,1-3H3,(H,21,24);2*1H. The van der Waals surface area contributed by atoms with Gasteiger partial charge in [0.25, 0.3) is 5.91 Å². The molecule has 0 aliphatic rings. The number of rotatable bonds is 5. The van der Waals surface area contributed by atoms with Crippen molar-refractivity contribution in [2.75, 3.05) is 0 Å². The van der Waals surface area contributed by atoms with Crippen molar-refractivity contribution >= 4 is 30.7 Å². The van der Waals surface area contributed by atoms with Gasteiger partial charge in [0.15, 0.2) is 0 Å². The zero-order valence-corrected chi connectivity index (χ0v) is 17.1. The number of nitrogens with zero attached hydrogens (tertiary/aromatic N) is 2. The molecule has 0 bridgehead atoms. The van der Waals surface area contributed by atoms with E-state index in [2.05, 4.69) is 10.4 Å². The van der Waals surface area contributed by atoms with E-state index >= 15 is 0 Å². The first-order valence-electron chi connectivity index (χ1n) is 8.20. The average molecular weight is 411 g/mol. The highest BCUT2D eigenvalue weighted by Gasteiger charge is 2.14. The Kier molecular flexibility index (Phi) is 8.09. The number of nitrogens with one attached hydrogen (secondary N) is 1. The lowest BCUT2D eigenvalue weighted by Gasteiger charge is -2.14. The highest BCUT2D eigenvalue weighted by Crippen LogP contribution is 2.18. The van der Waals surface area contributed by atoms with Gasteiger partial charge < -0.3 is 15.5 Å². The van der Waals surface area contributed by atoms with Gasteiger partial charge >= 0.3 is 0 Å². The second-order valence-electron chi connectivity index (χ2n) is 6.13. The molecule has 0 spiro atoms. The summed E-state index contributed by atoms with van der Waals surface area (Å²) in [6, 6.07) is 11.6. The fourth-order valence-corrected chi connectivity index (χ4v) is 2.76. The lowest BCUT2D eigenvalue weighted by Crippen LogP contribution is -2.26. The Balaban J connectivity index is 0.00000182. The lowest BCUT2D eigenvalue weighted by atomic mass is 10.1. The fraction of sp³-hybridized carbons (Fsp3) is 0.263. The molecule has 27 heavy (non-hydrogen) atoms. The van der Waals surface area contributed by atoms with Gasteiger partial charge in [-0.3, -0.25) is 4.79 Å². The van der Waals surface area contributed by atoms with Crippen molar-refractivity contribution in [3.05, 3.63) is 70.9 Å². The summed E-state index contributed by atoms with van der Waals surface area (Å²) in [5, 5.41) is 7.44. The van der Waals surface area contributed by atoms with Gasteiger partial charge in [-0.05, 0) is 50.6 Å². The Morgan fingerprint density at radius 3 is 2.41 bits per heavy atom. The molecule has 3 aromatic rings. The molecule has 0 aliphatic heterocycles. The molecule has 3 rings (SSSR count). The van der Waals surface area contributed by atoms with Gasteiger partial charge in [-0.15, -0.1) is 24.8 Å². The molecule has 1 amide bonds. The Hall–Kier alpha value is -2.28. The fourth-order valence-electron chi connectivity index (χ4n) is 2.76. The number of aromatic nitrogens is 2. The number of amides is 1. The summed E-state index contributed by atoms with van der Waals surface area (Å²) in [7, 11) is 0. The van der Waals surface area contributed by atoms with Crippen molar-refractivity contribution in [1.29, 1.82) is 0 Å².